The fourth-order valence-electron chi connectivity index (χ4n) is 0.877. The molecule has 0 aromatic heterocycles. The summed E-state index contributed by atoms with van der Waals surface area (Å²) in [4.78, 5) is 0. The Labute approximate surface area is 77.6 Å². The maximum absolute atomic E-state index is 9.23. The van der Waals surface area contributed by atoms with E-state index >= 15 is 0 Å². The average Bonchev–Trinajstić information content (AvgIpc) is 1.98. The third-order valence-electron chi connectivity index (χ3n) is 1.40. The lowest BCUT2D eigenvalue weighted by molar-refractivity contribution is 0.182. The van der Waals surface area contributed by atoms with Gasteiger partial charge in [-0.1, -0.05) is 0 Å². The van der Waals surface area contributed by atoms with E-state index in [-0.39, 0.29) is 18.2 Å². The lowest BCUT2D eigenvalue weighted by Crippen LogP contribution is -1.91. The molecule has 0 saturated heterocycles. The molecule has 3 N–H and O–H groups in total. The van der Waals surface area contributed by atoms with Crippen LogP contribution in [0, 0.1) is 0 Å². The van der Waals surface area contributed by atoms with Gasteiger partial charge in [-0.2, -0.15) is 0 Å². The van der Waals surface area contributed by atoms with Gasteiger partial charge in [0.15, 0.2) is 0 Å². The highest BCUT2D eigenvalue weighted by Crippen LogP contribution is 2.19. The van der Waals surface area contributed by atoms with Gasteiger partial charge in [0, 0.05) is 18.4 Å². The molecule has 0 bridgehead atoms. The van der Waals surface area contributed by atoms with Gasteiger partial charge in [0.05, 0.1) is 6.61 Å². The first-order chi connectivity index (χ1) is 5.24. The van der Waals surface area contributed by atoms with E-state index in [0.29, 0.717) is 17.9 Å². The number of nitrogen functional groups attached to an aromatic ring is 1. The molecule has 0 fully saturated rings. The van der Waals surface area contributed by atoms with Gasteiger partial charge in [0.2, 0.25) is 0 Å². The summed E-state index contributed by atoms with van der Waals surface area (Å²) in [6.07, 6.45) is 0. The number of rotatable bonds is 2. The number of benzene rings is 1. The molecule has 0 aliphatic rings. The first kappa shape index (κ1) is 11.1. The molecule has 0 aliphatic heterocycles. The first-order valence-corrected chi connectivity index (χ1v) is 3.30. The number of halogens is 1. The number of ether oxygens (including phenoxy) is 1. The molecule has 4 heteroatoms. The van der Waals surface area contributed by atoms with Crippen LogP contribution in [0.4, 0.5) is 5.69 Å². The van der Waals surface area contributed by atoms with Crippen molar-refractivity contribution in [1.29, 1.82) is 0 Å². The Morgan fingerprint density at radius 1 is 1.50 bits per heavy atom. The minimum atomic E-state index is 0. The molecular formula is C8H12ClNO2. The number of phenolic OH excluding ortho intramolecular Hbond substituents is 1. The van der Waals surface area contributed by atoms with Crippen LogP contribution in [0.1, 0.15) is 5.56 Å². The van der Waals surface area contributed by atoms with Crippen molar-refractivity contribution >= 4 is 18.1 Å². The van der Waals surface area contributed by atoms with Crippen molar-refractivity contribution in [2.75, 3.05) is 12.8 Å². The number of methoxy groups -OCH3 is 1. The molecular weight excluding hydrogens is 178 g/mol. The topological polar surface area (TPSA) is 55.5 Å². The summed E-state index contributed by atoms with van der Waals surface area (Å²) >= 11 is 0. The molecule has 1 aromatic rings. The van der Waals surface area contributed by atoms with Crippen LogP contribution in [-0.4, -0.2) is 12.2 Å². The molecule has 0 heterocycles. The van der Waals surface area contributed by atoms with Crippen LogP contribution in [0.25, 0.3) is 0 Å². The summed E-state index contributed by atoms with van der Waals surface area (Å²) in [5, 5.41) is 9.23. The SMILES string of the molecule is COCc1cc(N)ccc1O.Cl. The summed E-state index contributed by atoms with van der Waals surface area (Å²) < 4.78 is 4.85. The minimum Gasteiger partial charge on any atom is -0.508 e. The molecule has 0 aliphatic carbocycles. The normalized spacial score (nSPS) is 9.08. The summed E-state index contributed by atoms with van der Waals surface area (Å²) in [5.41, 5.74) is 6.84. The molecule has 0 saturated carbocycles. The Morgan fingerprint density at radius 3 is 2.75 bits per heavy atom. The van der Waals surface area contributed by atoms with Gasteiger partial charge >= 0.3 is 0 Å². The maximum atomic E-state index is 9.23. The second kappa shape index (κ2) is 4.85. The molecule has 0 radical (unpaired) electrons. The molecule has 0 atom stereocenters. The molecule has 1 rings (SSSR count). The number of nitrogens with two attached hydrogens (primary N) is 1. The van der Waals surface area contributed by atoms with Gasteiger partial charge in [0.1, 0.15) is 5.75 Å². The second-order valence-electron chi connectivity index (χ2n) is 2.32. The van der Waals surface area contributed by atoms with E-state index in [1.165, 1.54) is 0 Å². The highest BCUT2D eigenvalue weighted by molar-refractivity contribution is 5.85. The lowest BCUT2D eigenvalue weighted by atomic mass is 10.2. The van der Waals surface area contributed by atoms with E-state index in [0.717, 1.165) is 0 Å². The van der Waals surface area contributed by atoms with Crippen LogP contribution in [0.3, 0.4) is 0 Å². The van der Waals surface area contributed by atoms with Crippen molar-refractivity contribution in [2.24, 2.45) is 0 Å². The van der Waals surface area contributed by atoms with E-state index in [1.807, 2.05) is 0 Å². The quantitative estimate of drug-likeness (QED) is 0.548. The van der Waals surface area contributed by atoms with E-state index in [2.05, 4.69) is 0 Å². The standard InChI is InChI=1S/C8H11NO2.ClH/c1-11-5-6-4-7(9)2-3-8(6)10;/h2-4,10H,5,9H2,1H3;1H. The zero-order valence-electron chi connectivity index (χ0n) is 6.78. The Hall–Kier alpha value is -0.930. The summed E-state index contributed by atoms with van der Waals surface area (Å²) in [5.74, 6) is 0.223. The zero-order valence-corrected chi connectivity index (χ0v) is 7.60. The molecule has 0 spiro atoms. The number of phenols is 1. The highest BCUT2D eigenvalue weighted by Gasteiger charge is 1.99. The maximum Gasteiger partial charge on any atom is 0.121 e. The fraction of sp³-hybridized carbons (Fsp3) is 0.250. The van der Waals surface area contributed by atoms with E-state index in [4.69, 9.17) is 10.5 Å². The van der Waals surface area contributed by atoms with Crippen molar-refractivity contribution in [3.8, 4) is 5.75 Å². The van der Waals surface area contributed by atoms with Crippen LogP contribution in [0.15, 0.2) is 18.2 Å². The van der Waals surface area contributed by atoms with E-state index < -0.39 is 0 Å². The van der Waals surface area contributed by atoms with Crippen LogP contribution < -0.4 is 5.73 Å². The third kappa shape index (κ3) is 2.60. The van der Waals surface area contributed by atoms with Crippen LogP contribution in [0.2, 0.25) is 0 Å². The highest BCUT2D eigenvalue weighted by atomic mass is 35.5. The third-order valence-corrected chi connectivity index (χ3v) is 1.40. The minimum absolute atomic E-state index is 0. The van der Waals surface area contributed by atoms with E-state index in [9.17, 15) is 5.11 Å². The van der Waals surface area contributed by atoms with Crippen LogP contribution in [-0.2, 0) is 11.3 Å². The largest absolute Gasteiger partial charge is 0.508 e. The average molecular weight is 190 g/mol. The monoisotopic (exact) mass is 189 g/mol. The smallest absolute Gasteiger partial charge is 0.121 e. The molecule has 0 unspecified atom stereocenters. The van der Waals surface area contributed by atoms with Crippen molar-refractivity contribution in [3.63, 3.8) is 0 Å². The van der Waals surface area contributed by atoms with Crippen molar-refractivity contribution in [1.82, 2.24) is 0 Å². The first-order valence-electron chi connectivity index (χ1n) is 3.30. The summed E-state index contributed by atoms with van der Waals surface area (Å²) in [7, 11) is 1.57. The van der Waals surface area contributed by atoms with Crippen molar-refractivity contribution in [2.45, 2.75) is 6.61 Å². The van der Waals surface area contributed by atoms with Gasteiger partial charge in [-0.25, -0.2) is 0 Å². The summed E-state index contributed by atoms with van der Waals surface area (Å²) in [6, 6.07) is 4.90. The van der Waals surface area contributed by atoms with Gasteiger partial charge in [-0.05, 0) is 18.2 Å². The Kier molecular flexibility index (Phi) is 4.47. The van der Waals surface area contributed by atoms with Crippen molar-refractivity contribution < 1.29 is 9.84 Å². The van der Waals surface area contributed by atoms with Gasteiger partial charge in [-0.3, -0.25) is 0 Å². The Balaban J connectivity index is 0.00000121. The Morgan fingerprint density at radius 2 is 2.17 bits per heavy atom. The number of aromatic hydroxyl groups is 1. The predicted molar refractivity (Wildman–Crippen MR) is 50.5 cm³/mol. The predicted octanol–water partition coefficient (Wildman–Crippen LogP) is 1.54. The second-order valence-corrected chi connectivity index (χ2v) is 2.32. The number of anilines is 1. The van der Waals surface area contributed by atoms with Crippen LogP contribution >= 0.6 is 12.4 Å². The summed E-state index contributed by atoms with van der Waals surface area (Å²) in [6.45, 7) is 0.386. The van der Waals surface area contributed by atoms with Crippen molar-refractivity contribution in [3.05, 3.63) is 23.8 Å². The molecule has 12 heavy (non-hydrogen) atoms. The lowest BCUT2D eigenvalue weighted by Gasteiger charge is -2.03. The van der Waals surface area contributed by atoms with Gasteiger partial charge in [-0.15, -0.1) is 12.4 Å². The van der Waals surface area contributed by atoms with Crippen LogP contribution in [0.5, 0.6) is 5.75 Å². The zero-order chi connectivity index (χ0) is 8.27. The molecule has 68 valence electrons. The molecule has 1 aromatic carbocycles. The van der Waals surface area contributed by atoms with E-state index in [1.54, 1.807) is 25.3 Å². The molecule has 3 nitrogen and oxygen atoms in total. The Bertz CT molecular complexity index is 253. The molecule has 0 amide bonds. The van der Waals surface area contributed by atoms with Gasteiger partial charge < -0.3 is 15.6 Å². The van der Waals surface area contributed by atoms with Gasteiger partial charge in [0.25, 0.3) is 0 Å². The fourth-order valence-corrected chi connectivity index (χ4v) is 0.877. The number of hydrogen-bond acceptors (Lipinski definition) is 3. The number of hydrogen-bond donors (Lipinski definition) is 2.